The first-order valence-corrected chi connectivity index (χ1v) is 8.67. The van der Waals surface area contributed by atoms with Gasteiger partial charge in [0.25, 0.3) is 5.91 Å². The summed E-state index contributed by atoms with van der Waals surface area (Å²) in [6.07, 6.45) is -0.624. The Morgan fingerprint density at radius 1 is 1.13 bits per heavy atom. The van der Waals surface area contributed by atoms with E-state index >= 15 is 0 Å². The van der Waals surface area contributed by atoms with Crippen LogP contribution in [0.5, 0.6) is 0 Å². The first kappa shape index (κ1) is 15.9. The van der Waals surface area contributed by atoms with Gasteiger partial charge in [-0.1, -0.05) is 6.07 Å². The van der Waals surface area contributed by atoms with Gasteiger partial charge < -0.3 is 10.4 Å². The molecule has 0 bridgehead atoms. The van der Waals surface area contributed by atoms with Crippen molar-refractivity contribution in [3.05, 3.63) is 79.9 Å². The molecule has 6 heteroatoms. The Morgan fingerprint density at radius 2 is 1.91 bits per heavy atom. The van der Waals surface area contributed by atoms with Gasteiger partial charge in [0, 0.05) is 20.2 Å². The minimum Gasteiger partial charge on any atom is -0.382 e. The molecule has 0 unspecified atom stereocenters. The molecule has 0 aliphatic carbocycles. The van der Waals surface area contributed by atoms with Gasteiger partial charge >= 0.3 is 0 Å². The lowest BCUT2D eigenvalue weighted by Crippen LogP contribution is -2.22. The number of rotatable bonds is 5. The highest BCUT2D eigenvalue weighted by Gasteiger charge is 2.14. The number of carbonyl (C=O) groups is 1. The highest BCUT2D eigenvalue weighted by molar-refractivity contribution is 7.12. The van der Waals surface area contributed by atoms with Crippen molar-refractivity contribution in [3.63, 3.8) is 0 Å². The van der Waals surface area contributed by atoms with Crippen molar-refractivity contribution in [2.24, 2.45) is 0 Å². The van der Waals surface area contributed by atoms with Gasteiger partial charge in [-0.05, 0) is 47.8 Å². The van der Waals surface area contributed by atoms with Crippen LogP contribution in [-0.2, 0) is 6.54 Å². The fourth-order valence-electron chi connectivity index (χ4n) is 2.09. The molecule has 2 N–H and O–H groups in total. The fraction of sp³-hybridized carbons (Fsp3) is 0.118. The molecule has 3 aromatic rings. The normalized spacial score (nSPS) is 12.1. The van der Waals surface area contributed by atoms with Crippen LogP contribution in [0.1, 0.15) is 31.1 Å². The Kier molecular flexibility index (Phi) is 4.85. The van der Waals surface area contributed by atoms with E-state index in [4.69, 9.17) is 0 Å². The Hall–Kier alpha value is -2.02. The van der Waals surface area contributed by atoms with Gasteiger partial charge in [0.2, 0.25) is 0 Å². The van der Waals surface area contributed by atoms with Crippen molar-refractivity contribution >= 4 is 28.6 Å². The summed E-state index contributed by atoms with van der Waals surface area (Å²) in [6, 6.07) is 13.0. The van der Waals surface area contributed by atoms with E-state index in [1.54, 1.807) is 0 Å². The summed E-state index contributed by atoms with van der Waals surface area (Å²) in [6.45, 7) is 0.373. The lowest BCUT2D eigenvalue weighted by molar-refractivity contribution is 0.0951. The molecule has 0 saturated carbocycles. The topological polar surface area (TPSA) is 49.3 Å². The molecule has 118 valence electrons. The third kappa shape index (κ3) is 3.85. The zero-order valence-corrected chi connectivity index (χ0v) is 13.7. The van der Waals surface area contributed by atoms with E-state index in [9.17, 15) is 14.3 Å². The molecule has 0 radical (unpaired) electrons. The number of hydrogen-bond acceptors (Lipinski definition) is 4. The Morgan fingerprint density at radius 3 is 2.61 bits per heavy atom. The predicted octanol–water partition coefficient (Wildman–Crippen LogP) is 3.96. The minimum absolute atomic E-state index is 0.251. The molecular weight excluding hydrogens is 333 g/mol. The molecular formula is C17H14FNO2S2. The van der Waals surface area contributed by atoms with Crippen LogP contribution in [0.2, 0.25) is 0 Å². The van der Waals surface area contributed by atoms with Crippen LogP contribution >= 0.6 is 22.7 Å². The average molecular weight is 347 g/mol. The maximum Gasteiger partial charge on any atom is 0.251 e. The molecule has 3 nitrogen and oxygen atoms in total. The first-order valence-electron chi connectivity index (χ1n) is 6.97. The largest absolute Gasteiger partial charge is 0.382 e. The Bertz CT molecular complexity index is 781. The molecule has 0 aliphatic rings. The van der Waals surface area contributed by atoms with Crippen molar-refractivity contribution in [1.29, 1.82) is 0 Å². The van der Waals surface area contributed by atoms with Crippen LogP contribution in [-0.4, -0.2) is 11.0 Å². The van der Waals surface area contributed by atoms with E-state index < -0.39 is 6.10 Å². The third-order valence-electron chi connectivity index (χ3n) is 3.29. The summed E-state index contributed by atoms with van der Waals surface area (Å²) in [5.74, 6) is -0.620. The maximum atomic E-state index is 12.8. The molecule has 2 heterocycles. The monoisotopic (exact) mass is 347 g/mol. The van der Waals surface area contributed by atoms with E-state index in [1.165, 1.54) is 46.9 Å². The standard InChI is InChI=1S/C17H14FNO2S2/c18-12-5-3-11(4-6-12)17(21)19-10-13-7-8-15(23-13)16(20)14-2-1-9-22-14/h1-9,16,20H,10H2,(H,19,21)/t16-/m1/s1. The van der Waals surface area contributed by atoms with Crippen LogP contribution < -0.4 is 5.32 Å². The zero-order chi connectivity index (χ0) is 16.2. The highest BCUT2D eigenvalue weighted by atomic mass is 32.1. The summed E-state index contributed by atoms with van der Waals surface area (Å²) < 4.78 is 12.8. The molecule has 3 rings (SSSR count). The number of aliphatic hydroxyl groups excluding tert-OH is 1. The summed E-state index contributed by atoms with van der Waals surface area (Å²) in [5, 5.41) is 15.0. The smallest absolute Gasteiger partial charge is 0.251 e. The number of aliphatic hydroxyl groups is 1. The zero-order valence-electron chi connectivity index (χ0n) is 12.0. The third-order valence-corrected chi connectivity index (χ3v) is 5.36. The van der Waals surface area contributed by atoms with Crippen molar-refractivity contribution in [2.75, 3.05) is 0 Å². The van der Waals surface area contributed by atoms with Gasteiger partial charge in [-0.3, -0.25) is 4.79 Å². The second kappa shape index (κ2) is 7.04. The Balaban J connectivity index is 1.61. The summed E-state index contributed by atoms with van der Waals surface area (Å²) in [4.78, 5) is 14.7. The lowest BCUT2D eigenvalue weighted by Gasteiger charge is -2.05. The second-order valence-electron chi connectivity index (χ2n) is 4.91. The summed E-state index contributed by atoms with van der Waals surface area (Å²) in [5.41, 5.74) is 0.418. The van der Waals surface area contributed by atoms with Gasteiger partial charge in [-0.2, -0.15) is 0 Å². The molecule has 2 aromatic heterocycles. The molecule has 1 amide bonds. The van der Waals surface area contributed by atoms with Gasteiger partial charge in [0.05, 0.1) is 6.54 Å². The number of thiophene rings is 2. The molecule has 0 fully saturated rings. The van der Waals surface area contributed by atoms with Crippen molar-refractivity contribution in [2.45, 2.75) is 12.6 Å². The molecule has 0 saturated heterocycles. The van der Waals surface area contributed by atoms with E-state index in [-0.39, 0.29) is 11.7 Å². The molecule has 1 aromatic carbocycles. The van der Waals surface area contributed by atoms with E-state index in [2.05, 4.69) is 5.32 Å². The van der Waals surface area contributed by atoms with Crippen LogP contribution in [0.3, 0.4) is 0 Å². The molecule has 23 heavy (non-hydrogen) atoms. The number of carbonyl (C=O) groups excluding carboxylic acids is 1. The van der Waals surface area contributed by atoms with Crippen molar-refractivity contribution in [1.82, 2.24) is 5.32 Å². The minimum atomic E-state index is -0.624. The van der Waals surface area contributed by atoms with Gasteiger partial charge in [-0.25, -0.2) is 4.39 Å². The van der Waals surface area contributed by atoms with Gasteiger partial charge in [0.1, 0.15) is 11.9 Å². The number of amides is 1. The van der Waals surface area contributed by atoms with Gasteiger partial charge in [-0.15, -0.1) is 22.7 Å². The first-order chi connectivity index (χ1) is 11.1. The van der Waals surface area contributed by atoms with E-state index in [1.807, 2.05) is 29.6 Å². The van der Waals surface area contributed by atoms with Crippen LogP contribution in [0.25, 0.3) is 0 Å². The van der Waals surface area contributed by atoms with Gasteiger partial charge in [0.15, 0.2) is 0 Å². The van der Waals surface area contributed by atoms with E-state index in [0.29, 0.717) is 12.1 Å². The van der Waals surface area contributed by atoms with Crippen molar-refractivity contribution < 1.29 is 14.3 Å². The van der Waals surface area contributed by atoms with Crippen LogP contribution in [0.4, 0.5) is 4.39 Å². The quantitative estimate of drug-likeness (QED) is 0.734. The number of benzene rings is 1. The van der Waals surface area contributed by atoms with Crippen molar-refractivity contribution in [3.8, 4) is 0 Å². The highest BCUT2D eigenvalue weighted by Crippen LogP contribution is 2.30. The van der Waals surface area contributed by atoms with E-state index in [0.717, 1.165) is 14.6 Å². The SMILES string of the molecule is O=C(NCc1ccc([C@H](O)c2cccs2)s1)c1ccc(F)cc1. The maximum absolute atomic E-state index is 12.8. The summed E-state index contributed by atoms with van der Waals surface area (Å²) in [7, 11) is 0. The second-order valence-corrected chi connectivity index (χ2v) is 7.09. The molecule has 0 aliphatic heterocycles. The van der Waals surface area contributed by atoms with Crippen LogP contribution in [0, 0.1) is 5.82 Å². The number of hydrogen-bond donors (Lipinski definition) is 2. The lowest BCUT2D eigenvalue weighted by atomic mass is 10.2. The number of halogens is 1. The summed E-state index contributed by atoms with van der Waals surface area (Å²) >= 11 is 2.97. The Labute approximate surface area is 141 Å². The molecule has 0 spiro atoms. The fourth-order valence-corrected chi connectivity index (χ4v) is 3.85. The van der Waals surface area contributed by atoms with Crippen LogP contribution in [0.15, 0.2) is 53.9 Å². The predicted molar refractivity (Wildman–Crippen MR) is 90.3 cm³/mol. The average Bonchev–Trinajstić information content (AvgIpc) is 3.24. The molecule has 1 atom stereocenters. The number of nitrogens with one attached hydrogen (secondary N) is 1.